The molecule has 0 aliphatic heterocycles. The Bertz CT molecular complexity index is 991. The number of H-pyrrole nitrogens is 1. The van der Waals surface area contributed by atoms with E-state index in [4.69, 9.17) is 10.4 Å². The number of hydrogen-bond donors (Lipinski definition) is 6. The summed E-state index contributed by atoms with van der Waals surface area (Å²) in [6.45, 7) is 0. The van der Waals surface area contributed by atoms with Crippen molar-refractivity contribution in [3.63, 3.8) is 0 Å². The van der Waals surface area contributed by atoms with Crippen LogP contribution >= 0.6 is 11.8 Å². The second-order valence-electron chi connectivity index (χ2n) is 5.60. The summed E-state index contributed by atoms with van der Waals surface area (Å²) in [7, 11) is 0. The normalized spacial score (nSPS) is 10.8. The minimum absolute atomic E-state index is 0.0310. The van der Waals surface area contributed by atoms with E-state index in [-0.39, 0.29) is 28.3 Å². The van der Waals surface area contributed by atoms with Gasteiger partial charge in [-0.1, -0.05) is 17.8 Å². The Hall–Kier alpha value is -3.61. The van der Waals surface area contributed by atoms with Crippen LogP contribution in [-0.4, -0.2) is 48.6 Å². The van der Waals surface area contributed by atoms with Crippen LogP contribution in [0, 0.1) is 0 Å². The first kappa shape index (κ1) is 20.1. The summed E-state index contributed by atoms with van der Waals surface area (Å²) in [6, 6.07) is 12.6. The topological polar surface area (TPSA) is 159 Å². The van der Waals surface area contributed by atoms with Crippen LogP contribution in [-0.2, 0) is 4.79 Å². The van der Waals surface area contributed by atoms with Crippen molar-refractivity contribution >= 4 is 41.2 Å². The number of aromatic amines is 1. The van der Waals surface area contributed by atoms with Crippen molar-refractivity contribution in [1.82, 2.24) is 15.2 Å². The molecule has 12 heteroatoms. The molecule has 0 aliphatic rings. The van der Waals surface area contributed by atoms with E-state index in [1.165, 1.54) is 12.1 Å². The lowest BCUT2D eigenvalue weighted by Crippen LogP contribution is -2.15. The number of aromatic nitrogens is 3. The van der Waals surface area contributed by atoms with E-state index in [1.807, 2.05) is 0 Å². The van der Waals surface area contributed by atoms with Crippen LogP contribution in [0.2, 0.25) is 0 Å². The Morgan fingerprint density at radius 2 is 2.03 bits per heavy atom. The largest absolute Gasteiger partial charge is 0.508 e. The van der Waals surface area contributed by atoms with E-state index in [0.29, 0.717) is 16.8 Å². The number of phenolic OH excluding ortho intramolecular Hbond substituents is 1. The number of aromatic hydroxyl groups is 1. The number of carbonyl (C=O) groups excluding carboxylic acids is 1. The summed E-state index contributed by atoms with van der Waals surface area (Å²) < 4.78 is 0. The second-order valence-corrected chi connectivity index (χ2v) is 6.55. The van der Waals surface area contributed by atoms with Crippen molar-refractivity contribution in [2.75, 3.05) is 21.7 Å². The zero-order valence-electron chi connectivity index (χ0n) is 14.9. The number of hydrogen-bond acceptors (Lipinski definition) is 10. The minimum Gasteiger partial charge on any atom is -0.508 e. The maximum atomic E-state index is 12.0. The van der Waals surface area contributed by atoms with Gasteiger partial charge in [0.15, 0.2) is 0 Å². The number of rotatable bonds is 8. The van der Waals surface area contributed by atoms with Crippen molar-refractivity contribution < 1.29 is 20.3 Å². The first-order valence-electron chi connectivity index (χ1n) is 8.21. The molecule has 3 aromatic rings. The van der Waals surface area contributed by atoms with Gasteiger partial charge in [-0.2, -0.15) is 10.1 Å². The molecule has 150 valence electrons. The maximum Gasteiger partial charge on any atom is 0.240 e. The highest BCUT2D eigenvalue weighted by molar-refractivity contribution is 7.99. The number of thioether (sulfide) groups is 1. The van der Waals surface area contributed by atoms with Gasteiger partial charge in [0.1, 0.15) is 5.75 Å². The van der Waals surface area contributed by atoms with E-state index < -0.39 is 0 Å². The predicted octanol–water partition coefficient (Wildman–Crippen LogP) is 2.27. The van der Waals surface area contributed by atoms with Crippen molar-refractivity contribution in [1.29, 1.82) is 0 Å². The Labute approximate surface area is 169 Å². The highest BCUT2D eigenvalue weighted by Crippen LogP contribution is 2.18. The van der Waals surface area contributed by atoms with E-state index in [0.717, 1.165) is 17.3 Å². The van der Waals surface area contributed by atoms with Gasteiger partial charge in [0.2, 0.25) is 17.0 Å². The number of carbonyl (C=O) groups is 1. The van der Waals surface area contributed by atoms with E-state index in [9.17, 15) is 9.90 Å². The van der Waals surface area contributed by atoms with Crippen LogP contribution in [0.1, 0.15) is 5.56 Å². The highest BCUT2D eigenvalue weighted by atomic mass is 32.2. The van der Waals surface area contributed by atoms with Crippen molar-refractivity contribution in [3.05, 3.63) is 54.1 Å². The molecule has 0 saturated heterocycles. The summed E-state index contributed by atoms with van der Waals surface area (Å²) in [5, 5.41) is 40.8. The van der Waals surface area contributed by atoms with E-state index in [2.05, 4.69) is 31.0 Å². The fraction of sp³-hybridized carbons (Fsp3) is 0.0588. The van der Waals surface area contributed by atoms with Gasteiger partial charge in [-0.25, -0.2) is 10.5 Å². The number of nitrogens with one attached hydrogen (secondary N) is 3. The molecular weight excluding hydrogens is 398 g/mol. The van der Waals surface area contributed by atoms with E-state index in [1.54, 1.807) is 42.6 Å². The third-order valence-corrected chi connectivity index (χ3v) is 4.28. The average Bonchev–Trinajstić information content (AvgIpc) is 3.16. The zero-order chi connectivity index (χ0) is 20.6. The Morgan fingerprint density at radius 1 is 1.24 bits per heavy atom. The molecule has 0 spiro atoms. The van der Waals surface area contributed by atoms with Crippen LogP contribution in [0.5, 0.6) is 5.75 Å². The van der Waals surface area contributed by atoms with Crippen molar-refractivity contribution in [2.45, 2.75) is 5.16 Å². The fourth-order valence-corrected chi connectivity index (χ4v) is 2.72. The number of amides is 1. The van der Waals surface area contributed by atoms with Gasteiger partial charge in [0.05, 0.1) is 17.7 Å². The minimum atomic E-state index is -0.306. The molecule has 1 amide bonds. The molecule has 6 N–H and O–H groups in total. The maximum absolute atomic E-state index is 12.0. The Balaban J connectivity index is 1.46. The lowest BCUT2D eigenvalue weighted by atomic mass is 10.2. The third-order valence-electron chi connectivity index (χ3n) is 3.44. The standard InChI is InChI=1S/C17H17N7O4S/c25-14-6-4-11(5-7-14)9-18-21-16-20-17(23-22-16)29-10-15(26)19-12-2-1-3-13(8-12)24(27)28/h1-9,25,27-28H,10H2,(H,19,26)(H2,20,21,22,23)/b18-9-. The number of nitrogens with zero attached hydrogens (tertiary/aromatic N) is 4. The predicted molar refractivity (Wildman–Crippen MR) is 108 cm³/mol. The molecule has 0 unspecified atom stereocenters. The Kier molecular flexibility index (Phi) is 6.63. The molecule has 1 aromatic heterocycles. The van der Waals surface area contributed by atoms with Gasteiger partial charge in [-0.15, -0.1) is 10.3 Å². The van der Waals surface area contributed by atoms with Crippen molar-refractivity contribution in [3.8, 4) is 5.75 Å². The lowest BCUT2D eigenvalue weighted by molar-refractivity contribution is -0.113. The number of anilines is 3. The number of hydrazone groups is 1. The van der Waals surface area contributed by atoms with Crippen molar-refractivity contribution in [2.24, 2.45) is 5.10 Å². The van der Waals surface area contributed by atoms with Gasteiger partial charge in [-0.05, 0) is 48.0 Å². The molecule has 3 rings (SSSR count). The molecule has 0 aliphatic carbocycles. The van der Waals surface area contributed by atoms with Crippen LogP contribution in [0.3, 0.4) is 0 Å². The molecule has 2 aromatic carbocycles. The summed E-state index contributed by atoms with van der Waals surface area (Å²) in [6.07, 6.45) is 1.55. The summed E-state index contributed by atoms with van der Waals surface area (Å²) >= 11 is 1.12. The van der Waals surface area contributed by atoms with Gasteiger partial charge in [0.25, 0.3) is 0 Å². The molecule has 1 heterocycles. The summed E-state index contributed by atoms with van der Waals surface area (Å²) in [5.74, 6) is 0.230. The van der Waals surface area contributed by atoms with Crippen LogP contribution in [0.25, 0.3) is 0 Å². The average molecular weight is 415 g/mol. The lowest BCUT2D eigenvalue weighted by Gasteiger charge is -2.10. The molecule has 0 bridgehead atoms. The molecule has 0 saturated carbocycles. The second kappa shape index (κ2) is 9.54. The summed E-state index contributed by atoms with van der Waals surface area (Å²) in [5.41, 5.74) is 4.01. The van der Waals surface area contributed by atoms with Crippen LogP contribution < -0.4 is 16.0 Å². The zero-order valence-corrected chi connectivity index (χ0v) is 15.7. The monoisotopic (exact) mass is 415 g/mol. The molecule has 29 heavy (non-hydrogen) atoms. The van der Waals surface area contributed by atoms with Gasteiger partial charge >= 0.3 is 0 Å². The van der Waals surface area contributed by atoms with Gasteiger partial charge in [-0.3, -0.25) is 15.2 Å². The Morgan fingerprint density at radius 3 is 2.79 bits per heavy atom. The number of benzene rings is 2. The highest BCUT2D eigenvalue weighted by Gasteiger charge is 2.09. The third kappa shape index (κ3) is 6.21. The molecular formula is C17H17N7O4S. The first-order valence-corrected chi connectivity index (χ1v) is 9.19. The number of phenols is 1. The fourth-order valence-electron chi connectivity index (χ4n) is 2.12. The SMILES string of the molecule is O=C(CSc1n[nH]c(N/N=C\c2ccc(O)cc2)n1)Nc1cccc(N(O)O)c1. The molecule has 11 nitrogen and oxygen atoms in total. The first-order chi connectivity index (χ1) is 14.0. The van der Waals surface area contributed by atoms with E-state index >= 15 is 0 Å². The van der Waals surface area contributed by atoms with Gasteiger partial charge < -0.3 is 10.4 Å². The summed E-state index contributed by atoms with van der Waals surface area (Å²) in [4.78, 5) is 16.2. The van der Waals surface area contributed by atoms with Gasteiger partial charge in [0, 0.05) is 5.69 Å². The molecule has 0 fully saturated rings. The van der Waals surface area contributed by atoms with Crippen LogP contribution in [0.15, 0.2) is 58.8 Å². The van der Waals surface area contributed by atoms with Crippen LogP contribution in [0.4, 0.5) is 17.3 Å². The smallest absolute Gasteiger partial charge is 0.240 e. The quantitative estimate of drug-likeness (QED) is 0.184. The molecule has 0 atom stereocenters. The molecule has 0 radical (unpaired) electrons.